The highest BCUT2D eigenvalue weighted by atomic mass is 19.4. The summed E-state index contributed by atoms with van der Waals surface area (Å²) in [6.07, 6.45) is -2.15. The minimum Gasteiger partial charge on any atom is -0.381 e. The van der Waals surface area contributed by atoms with Crippen molar-refractivity contribution in [3.8, 4) is 17.1 Å². The Morgan fingerprint density at radius 1 is 0.942 bits per heavy atom. The second kappa shape index (κ2) is 14.0. The zero-order valence-electron chi connectivity index (χ0n) is 28.3. The van der Waals surface area contributed by atoms with Crippen molar-refractivity contribution in [1.29, 1.82) is 0 Å². The number of benzene rings is 2. The summed E-state index contributed by atoms with van der Waals surface area (Å²) >= 11 is 0. The first-order chi connectivity index (χ1) is 25.0. The summed E-state index contributed by atoms with van der Waals surface area (Å²) in [6, 6.07) is 20.5. The maximum Gasteiger partial charge on any atom is 0.416 e. The molecule has 0 saturated carbocycles. The molecule has 0 bridgehead atoms. The zero-order chi connectivity index (χ0) is 36.6. The van der Waals surface area contributed by atoms with E-state index in [1.54, 1.807) is 24.3 Å². The van der Waals surface area contributed by atoms with Gasteiger partial charge in [-0.2, -0.15) is 13.2 Å². The van der Waals surface area contributed by atoms with Crippen LogP contribution in [0.2, 0.25) is 0 Å². The lowest BCUT2D eigenvalue weighted by molar-refractivity contribution is -0.137. The molecule has 1 fully saturated rings. The van der Waals surface area contributed by atoms with Crippen LogP contribution in [0, 0.1) is 5.92 Å². The Balaban J connectivity index is 1.53. The molecule has 0 radical (unpaired) electrons. The monoisotopic (exact) mass is 709 g/mol. The summed E-state index contributed by atoms with van der Waals surface area (Å²) in [4.78, 5) is 56.4. The number of nitrogens with zero attached hydrogens (tertiary/aromatic N) is 4. The van der Waals surface area contributed by atoms with Crippen LogP contribution in [-0.4, -0.2) is 57.6 Å². The predicted octanol–water partition coefficient (Wildman–Crippen LogP) is 6.48. The van der Waals surface area contributed by atoms with Gasteiger partial charge in [-0.05, 0) is 80.2 Å². The molecule has 0 aliphatic carbocycles. The lowest BCUT2D eigenvalue weighted by Crippen LogP contribution is -2.32. The van der Waals surface area contributed by atoms with E-state index in [1.165, 1.54) is 22.9 Å². The van der Waals surface area contributed by atoms with E-state index < -0.39 is 28.8 Å². The number of alkyl halides is 3. The Hall–Kier alpha value is -5.86. The van der Waals surface area contributed by atoms with Crippen LogP contribution in [-0.2, 0) is 22.3 Å². The molecule has 11 nitrogen and oxygen atoms in total. The van der Waals surface area contributed by atoms with Gasteiger partial charge in [-0.3, -0.25) is 14.4 Å². The molecule has 266 valence electrons. The molecule has 52 heavy (non-hydrogen) atoms. The van der Waals surface area contributed by atoms with Crippen molar-refractivity contribution in [3.63, 3.8) is 0 Å². The van der Waals surface area contributed by atoms with Crippen molar-refractivity contribution in [3.05, 3.63) is 117 Å². The first-order valence-corrected chi connectivity index (χ1v) is 16.6. The number of pyridine rings is 4. The number of aromatic amines is 1. The molecule has 7 rings (SSSR count). The van der Waals surface area contributed by atoms with Crippen LogP contribution in [0.5, 0.6) is 0 Å². The molecule has 5 heterocycles. The number of aromatic nitrogens is 4. The molecule has 3 N–H and O–H groups in total. The first-order valence-electron chi connectivity index (χ1n) is 16.6. The van der Waals surface area contributed by atoms with Crippen LogP contribution >= 0.6 is 0 Å². The fourth-order valence-corrected chi connectivity index (χ4v) is 6.40. The third-order valence-corrected chi connectivity index (χ3v) is 8.84. The summed E-state index contributed by atoms with van der Waals surface area (Å²) in [6.45, 7) is 1.15. The summed E-state index contributed by atoms with van der Waals surface area (Å²) in [7, 11) is 3.66. The van der Waals surface area contributed by atoms with E-state index in [0.29, 0.717) is 54.8 Å². The van der Waals surface area contributed by atoms with E-state index >= 15 is 4.79 Å². The number of hydrogen-bond acceptors (Lipinski definition) is 8. The lowest BCUT2D eigenvalue weighted by Gasteiger charge is -2.23. The van der Waals surface area contributed by atoms with Crippen molar-refractivity contribution in [2.75, 3.05) is 37.9 Å². The average molecular weight is 710 g/mol. The predicted molar refractivity (Wildman–Crippen MR) is 193 cm³/mol. The van der Waals surface area contributed by atoms with E-state index in [0.717, 1.165) is 17.7 Å². The summed E-state index contributed by atoms with van der Waals surface area (Å²) in [5.74, 6) is -0.722. The van der Waals surface area contributed by atoms with Crippen LogP contribution in [0.25, 0.3) is 38.6 Å². The lowest BCUT2D eigenvalue weighted by atomic mass is 9.99. The SMILES string of the molecule is CN(C)Cc1cc2cc(NC(=O)C3CCOCC3)n(-c3nc(-c4ccccc4)cc4cc[nH]c(=O)c34)c(=O)c2c(Nc2cccc(C(F)(F)F)c2)n1. The van der Waals surface area contributed by atoms with Gasteiger partial charge in [-0.1, -0.05) is 36.4 Å². The summed E-state index contributed by atoms with van der Waals surface area (Å²) < 4.78 is 47.7. The Kier molecular flexibility index (Phi) is 9.34. The van der Waals surface area contributed by atoms with Crippen molar-refractivity contribution in [2.24, 2.45) is 5.92 Å². The minimum atomic E-state index is -4.60. The largest absolute Gasteiger partial charge is 0.416 e. The smallest absolute Gasteiger partial charge is 0.381 e. The highest BCUT2D eigenvalue weighted by Crippen LogP contribution is 2.34. The number of rotatable bonds is 8. The molecule has 0 unspecified atom stereocenters. The molecule has 14 heteroatoms. The van der Waals surface area contributed by atoms with Gasteiger partial charge in [-0.15, -0.1) is 0 Å². The number of hydrogen-bond donors (Lipinski definition) is 3. The molecule has 6 aromatic rings. The number of amides is 1. The number of anilines is 3. The molecule has 0 atom stereocenters. The maximum atomic E-state index is 15.1. The average Bonchev–Trinajstić information content (AvgIpc) is 3.11. The Labute approximate surface area is 295 Å². The van der Waals surface area contributed by atoms with Crippen LogP contribution < -0.4 is 21.8 Å². The van der Waals surface area contributed by atoms with Crippen molar-refractivity contribution in [1.82, 2.24) is 24.4 Å². The molecular formula is C38H34F3N7O4. The summed E-state index contributed by atoms with van der Waals surface area (Å²) in [5.41, 5.74) is -0.361. The number of carbonyl (C=O) groups excluding carboxylic acids is 1. The van der Waals surface area contributed by atoms with Gasteiger partial charge in [0.2, 0.25) is 5.91 Å². The standard InChI is InChI=1S/C38H34F3N7O4/c1-47(2)21-28-17-25-19-30(46-35(49)23-12-15-52-16-13-23)48(37(51)31(25)33(44-28)43-27-10-6-9-26(20-27)38(39,40)41)34-32-24(11-14-42-36(32)50)18-29(45-34)22-7-4-3-5-8-22/h3-11,14,17-20,23H,12-13,15-16,21H2,1-2H3,(H,42,50)(H,43,44)(H,46,49). The van der Waals surface area contributed by atoms with Gasteiger partial charge >= 0.3 is 6.18 Å². The van der Waals surface area contributed by atoms with Gasteiger partial charge in [0.25, 0.3) is 11.1 Å². The van der Waals surface area contributed by atoms with Gasteiger partial charge in [0.15, 0.2) is 5.82 Å². The molecule has 1 aliphatic rings. The number of ether oxygens (including phenoxy) is 1. The van der Waals surface area contributed by atoms with Gasteiger partial charge < -0.3 is 25.3 Å². The number of H-pyrrole nitrogens is 1. The molecule has 1 amide bonds. The third-order valence-electron chi connectivity index (χ3n) is 8.84. The Bertz CT molecular complexity index is 2420. The normalized spacial score (nSPS) is 13.9. The van der Waals surface area contributed by atoms with Crippen molar-refractivity contribution in [2.45, 2.75) is 25.6 Å². The van der Waals surface area contributed by atoms with Crippen LogP contribution in [0.1, 0.15) is 24.1 Å². The van der Waals surface area contributed by atoms with Gasteiger partial charge in [0.05, 0.1) is 27.7 Å². The van der Waals surface area contributed by atoms with Crippen LogP contribution in [0.4, 0.5) is 30.5 Å². The van der Waals surface area contributed by atoms with E-state index in [4.69, 9.17) is 14.7 Å². The maximum absolute atomic E-state index is 15.1. The van der Waals surface area contributed by atoms with Gasteiger partial charge in [0, 0.05) is 43.1 Å². The van der Waals surface area contributed by atoms with E-state index in [-0.39, 0.29) is 39.8 Å². The highest BCUT2D eigenvalue weighted by Gasteiger charge is 2.31. The van der Waals surface area contributed by atoms with Crippen LogP contribution in [0.3, 0.4) is 0 Å². The number of carbonyl (C=O) groups is 1. The van der Waals surface area contributed by atoms with E-state index in [2.05, 4.69) is 15.6 Å². The fourth-order valence-electron chi connectivity index (χ4n) is 6.40. The molecular weight excluding hydrogens is 675 g/mol. The van der Waals surface area contributed by atoms with Crippen molar-refractivity contribution < 1.29 is 22.7 Å². The molecule has 1 aliphatic heterocycles. The van der Waals surface area contributed by atoms with Crippen molar-refractivity contribution >= 4 is 44.8 Å². The molecule has 1 saturated heterocycles. The van der Waals surface area contributed by atoms with Gasteiger partial charge in [0.1, 0.15) is 11.6 Å². The number of halogens is 3. The molecule has 4 aromatic heterocycles. The topological polar surface area (TPSA) is 134 Å². The van der Waals surface area contributed by atoms with Crippen LogP contribution in [0.15, 0.2) is 94.6 Å². The third kappa shape index (κ3) is 7.02. The second-order valence-electron chi connectivity index (χ2n) is 12.9. The summed E-state index contributed by atoms with van der Waals surface area (Å²) in [5, 5.41) is 6.86. The van der Waals surface area contributed by atoms with Gasteiger partial charge in [-0.25, -0.2) is 14.5 Å². The Morgan fingerprint density at radius 2 is 1.71 bits per heavy atom. The van der Waals surface area contributed by atoms with E-state index in [1.807, 2.05) is 49.3 Å². The number of nitrogens with one attached hydrogen (secondary N) is 3. The number of fused-ring (bicyclic) bond motifs is 2. The van der Waals surface area contributed by atoms with E-state index in [9.17, 15) is 22.8 Å². The zero-order valence-corrected chi connectivity index (χ0v) is 28.3. The Morgan fingerprint density at radius 3 is 2.44 bits per heavy atom. The first kappa shape index (κ1) is 34.6. The molecule has 0 spiro atoms. The quantitative estimate of drug-likeness (QED) is 0.164. The second-order valence-corrected chi connectivity index (χ2v) is 12.9. The minimum absolute atomic E-state index is 0.00726. The highest BCUT2D eigenvalue weighted by molar-refractivity contribution is 6.00. The fraction of sp³-hybridized carbons (Fsp3) is 0.237. The molecule has 2 aromatic carbocycles.